The molecule has 0 radical (unpaired) electrons. The molecular formula is C11H11BrClNOS. The van der Waals surface area contributed by atoms with Gasteiger partial charge in [-0.1, -0.05) is 18.5 Å². The number of hydrogen-bond acceptors (Lipinski definition) is 3. The lowest BCUT2D eigenvalue weighted by Gasteiger charge is -2.15. The molecule has 1 unspecified atom stereocenters. The Labute approximate surface area is 112 Å². The number of thiophene rings is 1. The molecule has 0 spiro atoms. The summed E-state index contributed by atoms with van der Waals surface area (Å²) in [6.45, 7) is 2.91. The van der Waals surface area contributed by atoms with Crippen molar-refractivity contribution in [2.75, 3.05) is 6.54 Å². The van der Waals surface area contributed by atoms with Gasteiger partial charge in [-0.25, -0.2) is 0 Å². The molecule has 0 aliphatic carbocycles. The predicted octanol–water partition coefficient (Wildman–Crippen LogP) is 4.46. The second-order valence-electron chi connectivity index (χ2n) is 3.26. The summed E-state index contributed by atoms with van der Waals surface area (Å²) in [7, 11) is 0. The van der Waals surface area contributed by atoms with Crippen molar-refractivity contribution in [1.82, 2.24) is 5.32 Å². The van der Waals surface area contributed by atoms with Crippen LogP contribution in [0.3, 0.4) is 0 Å². The molecule has 5 heteroatoms. The van der Waals surface area contributed by atoms with Gasteiger partial charge in [0.05, 0.1) is 15.8 Å². The van der Waals surface area contributed by atoms with Crippen LogP contribution in [0.2, 0.25) is 5.02 Å². The largest absolute Gasteiger partial charge is 0.466 e. The van der Waals surface area contributed by atoms with Crippen molar-refractivity contribution in [3.8, 4) is 0 Å². The number of furan rings is 1. The third-order valence-electron chi connectivity index (χ3n) is 2.22. The summed E-state index contributed by atoms with van der Waals surface area (Å²) >= 11 is 11.3. The molecule has 0 aliphatic heterocycles. The van der Waals surface area contributed by atoms with E-state index in [0.717, 1.165) is 26.7 Å². The first-order valence-corrected chi connectivity index (χ1v) is 6.98. The minimum atomic E-state index is 0.0156. The number of halogens is 2. The number of rotatable bonds is 4. The Balaban J connectivity index is 2.39. The van der Waals surface area contributed by atoms with Crippen LogP contribution < -0.4 is 5.32 Å². The van der Waals surface area contributed by atoms with Gasteiger partial charge in [-0.3, -0.25) is 0 Å². The van der Waals surface area contributed by atoms with Crippen molar-refractivity contribution in [3.05, 3.63) is 43.9 Å². The normalized spacial score (nSPS) is 12.9. The molecule has 2 rings (SSSR count). The lowest BCUT2D eigenvalue weighted by atomic mass is 10.2. The van der Waals surface area contributed by atoms with Gasteiger partial charge in [-0.2, -0.15) is 0 Å². The second-order valence-corrected chi connectivity index (χ2v) is 5.47. The Morgan fingerprint density at radius 2 is 2.38 bits per heavy atom. The van der Waals surface area contributed by atoms with Gasteiger partial charge < -0.3 is 9.73 Å². The minimum absolute atomic E-state index is 0.0156. The van der Waals surface area contributed by atoms with E-state index in [4.69, 9.17) is 16.0 Å². The van der Waals surface area contributed by atoms with Crippen molar-refractivity contribution in [2.24, 2.45) is 0 Å². The lowest BCUT2D eigenvalue weighted by Crippen LogP contribution is -2.21. The summed E-state index contributed by atoms with van der Waals surface area (Å²) in [5, 5.41) is 6.13. The smallest absolute Gasteiger partial charge is 0.140 e. The maximum atomic E-state index is 6.15. The first-order valence-electron chi connectivity index (χ1n) is 4.93. The van der Waals surface area contributed by atoms with E-state index in [9.17, 15) is 0 Å². The number of nitrogens with one attached hydrogen (secondary N) is 1. The van der Waals surface area contributed by atoms with Crippen LogP contribution in [0.1, 0.15) is 23.6 Å². The molecule has 2 aromatic heterocycles. The van der Waals surface area contributed by atoms with Crippen LogP contribution in [-0.4, -0.2) is 6.54 Å². The van der Waals surface area contributed by atoms with Gasteiger partial charge in [-0.15, -0.1) is 11.3 Å². The van der Waals surface area contributed by atoms with Gasteiger partial charge in [0.25, 0.3) is 0 Å². The van der Waals surface area contributed by atoms with Crippen LogP contribution in [0.25, 0.3) is 0 Å². The Bertz CT molecular complexity index is 428. The molecule has 86 valence electrons. The quantitative estimate of drug-likeness (QED) is 0.900. The average Bonchev–Trinajstić information content (AvgIpc) is 2.84. The monoisotopic (exact) mass is 319 g/mol. The van der Waals surface area contributed by atoms with Crippen LogP contribution in [-0.2, 0) is 0 Å². The zero-order valence-corrected chi connectivity index (χ0v) is 11.8. The third kappa shape index (κ3) is 2.35. The number of hydrogen-bond donors (Lipinski definition) is 1. The first kappa shape index (κ1) is 12.2. The fraction of sp³-hybridized carbons (Fsp3) is 0.273. The van der Waals surface area contributed by atoms with E-state index in [2.05, 4.69) is 28.2 Å². The van der Waals surface area contributed by atoms with Crippen LogP contribution in [0, 0.1) is 0 Å². The molecule has 2 aromatic rings. The zero-order chi connectivity index (χ0) is 11.5. The van der Waals surface area contributed by atoms with Gasteiger partial charge in [0, 0.05) is 4.88 Å². The topological polar surface area (TPSA) is 25.2 Å². The summed E-state index contributed by atoms with van der Waals surface area (Å²) in [5.41, 5.74) is 0. The van der Waals surface area contributed by atoms with Gasteiger partial charge >= 0.3 is 0 Å². The lowest BCUT2D eigenvalue weighted by molar-refractivity contribution is 0.453. The molecule has 0 fully saturated rings. The molecule has 0 saturated heterocycles. The molecular weight excluding hydrogens is 310 g/mol. The van der Waals surface area contributed by atoms with Gasteiger partial charge in [0.2, 0.25) is 0 Å². The van der Waals surface area contributed by atoms with E-state index in [1.807, 2.05) is 17.5 Å². The summed E-state index contributed by atoms with van der Waals surface area (Å²) in [6.07, 6.45) is 1.67. The van der Waals surface area contributed by atoms with Gasteiger partial charge in [0.15, 0.2) is 0 Å². The van der Waals surface area contributed by atoms with E-state index in [1.165, 1.54) is 0 Å². The molecule has 1 atom stereocenters. The Kier molecular flexibility index (Phi) is 4.08. The summed E-state index contributed by atoms with van der Waals surface area (Å²) in [5.74, 6) is 0.867. The molecule has 2 heterocycles. The van der Waals surface area contributed by atoms with E-state index in [1.54, 1.807) is 17.6 Å². The van der Waals surface area contributed by atoms with Crippen molar-refractivity contribution in [2.45, 2.75) is 13.0 Å². The third-order valence-corrected chi connectivity index (χ3v) is 4.30. The fourth-order valence-electron chi connectivity index (χ4n) is 1.53. The average molecular weight is 321 g/mol. The SMILES string of the molecule is CCNC(c1occc1Br)c1sccc1Cl. The fourth-order valence-corrected chi connectivity index (χ4v) is 3.20. The molecule has 16 heavy (non-hydrogen) atoms. The van der Waals surface area contributed by atoms with Crippen LogP contribution in [0.4, 0.5) is 0 Å². The van der Waals surface area contributed by atoms with Crippen LogP contribution in [0.15, 0.2) is 32.7 Å². The highest BCUT2D eigenvalue weighted by Gasteiger charge is 2.22. The van der Waals surface area contributed by atoms with E-state index >= 15 is 0 Å². The molecule has 0 saturated carbocycles. The molecule has 0 aliphatic rings. The highest BCUT2D eigenvalue weighted by atomic mass is 79.9. The predicted molar refractivity (Wildman–Crippen MR) is 71.3 cm³/mol. The summed E-state index contributed by atoms with van der Waals surface area (Å²) < 4.78 is 6.46. The van der Waals surface area contributed by atoms with Crippen molar-refractivity contribution in [3.63, 3.8) is 0 Å². The van der Waals surface area contributed by atoms with E-state index in [0.29, 0.717) is 0 Å². The van der Waals surface area contributed by atoms with Crippen molar-refractivity contribution < 1.29 is 4.42 Å². The second kappa shape index (κ2) is 5.36. The maximum absolute atomic E-state index is 6.15. The van der Waals surface area contributed by atoms with E-state index < -0.39 is 0 Å². The molecule has 0 bridgehead atoms. The highest BCUT2D eigenvalue weighted by Crippen LogP contribution is 2.36. The molecule has 0 aromatic carbocycles. The van der Waals surface area contributed by atoms with Crippen LogP contribution >= 0.6 is 38.9 Å². The Hall–Kier alpha value is -0.290. The standard InChI is InChI=1S/C11H11BrClNOS/c1-2-14-9(10-7(12)3-5-15-10)11-8(13)4-6-16-11/h3-6,9,14H,2H2,1H3. The molecule has 0 amide bonds. The van der Waals surface area contributed by atoms with Crippen molar-refractivity contribution >= 4 is 38.9 Å². The summed E-state index contributed by atoms with van der Waals surface area (Å²) in [6, 6.07) is 3.81. The summed E-state index contributed by atoms with van der Waals surface area (Å²) in [4.78, 5) is 1.08. The highest BCUT2D eigenvalue weighted by molar-refractivity contribution is 9.10. The minimum Gasteiger partial charge on any atom is -0.466 e. The maximum Gasteiger partial charge on any atom is 0.140 e. The Morgan fingerprint density at radius 3 is 2.88 bits per heavy atom. The molecule has 1 N–H and O–H groups in total. The Morgan fingerprint density at radius 1 is 1.56 bits per heavy atom. The van der Waals surface area contributed by atoms with Crippen LogP contribution in [0.5, 0.6) is 0 Å². The van der Waals surface area contributed by atoms with Crippen molar-refractivity contribution in [1.29, 1.82) is 0 Å². The first-order chi connectivity index (χ1) is 7.74. The van der Waals surface area contributed by atoms with Gasteiger partial charge in [-0.05, 0) is 40.0 Å². The molecule has 2 nitrogen and oxygen atoms in total. The zero-order valence-electron chi connectivity index (χ0n) is 8.67. The van der Waals surface area contributed by atoms with Gasteiger partial charge in [0.1, 0.15) is 11.8 Å². The van der Waals surface area contributed by atoms with E-state index in [-0.39, 0.29) is 6.04 Å².